The molecule has 0 aromatic rings. The Bertz CT molecular complexity index is 28.1. The Kier molecular flexibility index (Phi) is 21.1. The summed E-state index contributed by atoms with van der Waals surface area (Å²) in [6, 6.07) is 0. The average molecular weight is 149 g/mol. The fourth-order valence-electron chi connectivity index (χ4n) is 0.381. The Morgan fingerprint density at radius 2 is 1.89 bits per heavy atom. The van der Waals surface area contributed by atoms with Crippen molar-refractivity contribution in [3.63, 3.8) is 0 Å². The van der Waals surface area contributed by atoms with Gasteiger partial charge in [-0.3, -0.25) is 0 Å². The second kappa shape index (κ2) is 15.7. The van der Waals surface area contributed by atoms with E-state index < -0.39 is 0 Å². The number of nitrogens with one attached hydrogen (secondary N) is 1. The summed E-state index contributed by atoms with van der Waals surface area (Å²) < 4.78 is 0. The zero-order valence-electron chi connectivity index (χ0n) is 6.78. The third kappa shape index (κ3) is 17.8. The molecule has 0 amide bonds. The van der Waals surface area contributed by atoms with Crippen molar-refractivity contribution in [3.05, 3.63) is 0 Å². The van der Waals surface area contributed by atoms with Crippen molar-refractivity contribution in [2.75, 3.05) is 18.8 Å². The highest BCUT2D eigenvalue weighted by Crippen LogP contribution is 1.78. The van der Waals surface area contributed by atoms with Gasteiger partial charge in [0.2, 0.25) is 0 Å². The van der Waals surface area contributed by atoms with Gasteiger partial charge < -0.3 is 5.32 Å². The zero-order valence-corrected chi connectivity index (χ0v) is 7.67. The van der Waals surface area contributed by atoms with Gasteiger partial charge in [0.1, 0.15) is 0 Å². The molecular weight excluding hydrogens is 130 g/mol. The summed E-state index contributed by atoms with van der Waals surface area (Å²) in [5.74, 6) is 0.993. The van der Waals surface area contributed by atoms with Crippen LogP contribution in [-0.4, -0.2) is 18.8 Å². The molecule has 0 aromatic carbocycles. The molecule has 0 spiro atoms. The Labute approximate surface area is 64.6 Å². The highest BCUT2D eigenvalue weighted by atomic mass is 32.1. The Balaban J connectivity index is 0. The van der Waals surface area contributed by atoms with Gasteiger partial charge in [-0.2, -0.15) is 12.6 Å². The average Bonchev–Trinajstić information content (AvgIpc) is 1.94. The molecule has 0 rings (SSSR count). The second-order valence-corrected chi connectivity index (χ2v) is 1.88. The lowest BCUT2D eigenvalue weighted by molar-refractivity contribution is 0.708. The van der Waals surface area contributed by atoms with Crippen molar-refractivity contribution in [2.24, 2.45) is 0 Å². The van der Waals surface area contributed by atoms with Crippen molar-refractivity contribution in [1.82, 2.24) is 5.32 Å². The van der Waals surface area contributed by atoms with E-state index in [4.69, 9.17) is 0 Å². The first kappa shape index (κ1) is 12.0. The molecule has 1 nitrogen and oxygen atoms in total. The number of rotatable bonds is 4. The standard InChI is InChI=1S/C5H13NS.C2H6/c1-2-6-4-3-5-7;1-2/h6-7H,2-5H2,1H3;1-2H3. The van der Waals surface area contributed by atoms with Crippen LogP contribution in [0, 0.1) is 0 Å². The van der Waals surface area contributed by atoms with Crippen molar-refractivity contribution >= 4 is 12.6 Å². The zero-order chi connectivity index (χ0) is 7.54. The van der Waals surface area contributed by atoms with Gasteiger partial charge in [-0.1, -0.05) is 20.8 Å². The van der Waals surface area contributed by atoms with E-state index in [-0.39, 0.29) is 0 Å². The third-order valence-corrected chi connectivity index (χ3v) is 1.08. The van der Waals surface area contributed by atoms with Crippen LogP contribution in [0.15, 0.2) is 0 Å². The minimum atomic E-state index is 0.993. The molecule has 0 saturated heterocycles. The van der Waals surface area contributed by atoms with E-state index >= 15 is 0 Å². The lowest BCUT2D eigenvalue weighted by Crippen LogP contribution is -2.13. The normalized spacial score (nSPS) is 8.00. The molecule has 2 heteroatoms. The van der Waals surface area contributed by atoms with Gasteiger partial charge in [0, 0.05) is 0 Å². The van der Waals surface area contributed by atoms with Crippen LogP contribution in [-0.2, 0) is 0 Å². The molecule has 0 unspecified atom stereocenters. The highest BCUT2D eigenvalue weighted by molar-refractivity contribution is 7.80. The van der Waals surface area contributed by atoms with E-state index in [1.807, 2.05) is 13.8 Å². The maximum Gasteiger partial charge on any atom is -0.00413 e. The minimum Gasteiger partial charge on any atom is -0.317 e. The monoisotopic (exact) mass is 149 g/mol. The largest absolute Gasteiger partial charge is 0.317 e. The van der Waals surface area contributed by atoms with Crippen LogP contribution in [0.5, 0.6) is 0 Å². The maximum atomic E-state index is 4.05. The predicted octanol–water partition coefficient (Wildman–Crippen LogP) is 1.94. The second-order valence-electron chi connectivity index (χ2n) is 1.43. The van der Waals surface area contributed by atoms with Gasteiger partial charge in [0.25, 0.3) is 0 Å². The van der Waals surface area contributed by atoms with Gasteiger partial charge in [-0.15, -0.1) is 0 Å². The van der Waals surface area contributed by atoms with Gasteiger partial charge in [0.05, 0.1) is 0 Å². The molecule has 0 atom stereocenters. The van der Waals surface area contributed by atoms with Crippen LogP contribution < -0.4 is 5.32 Å². The molecule has 0 bridgehead atoms. The molecule has 0 aliphatic carbocycles. The van der Waals surface area contributed by atoms with Crippen LogP contribution in [0.1, 0.15) is 27.2 Å². The molecule has 0 heterocycles. The van der Waals surface area contributed by atoms with Crippen LogP contribution in [0.2, 0.25) is 0 Å². The summed E-state index contributed by atoms with van der Waals surface area (Å²) in [4.78, 5) is 0. The summed E-state index contributed by atoms with van der Waals surface area (Å²) in [5.41, 5.74) is 0. The lowest BCUT2D eigenvalue weighted by atomic mass is 10.5. The van der Waals surface area contributed by atoms with Crippen molar-refractivity contribution < 1.29 is 0 Å². The van der Waals surface area contributed by atoms with E-state index in [0.29, 0.717) is 0 Å². The molecule has 0 radical (unpaired) electrons. The summed E-state index contributed by atoms with van der Waals surface area (Å²) in [6.07, 6.45) is 1.18. The summed E-state index contributed by atoms with van der Waals surface area (Å²) in [7, 11) is 0. The van der Waals surface area contributed by atoms with Gasteiger partial charge in [-0.05, 0) is 25.3 Å². The highest BCUT2D eigenvalue weighted by Gasteiger charge is 1.77. The van der Waals surface area contributed by atoms with E-state index in [1.165, 1.54) is 6.42 Å². The molecule has 1 N–H and O–H groups in total. The van der Waals surface area contributed by atoms with E-state index in [1.54, 1.807) is 0 Å². The smallest absolute Gasteiger partial charge is 0.00413 e. The molecular formula is C7H19NS. The third-order valence-electron chi connectivity index (χ3n) is 0.762. The number of thiol groups is 1. The van der Waals surface area contributed by atoms with Gasteiger partial charge in [-0.25, -0.2) is 0 Å². The summed E-state index contributed by atoms with van der Waals surface area (Å²) in [5, 5.41) is 3.20. The fourth-order valence-corrected chi connectivity index (χ4v) is 0.539. The Hall–Kier alpha value is 0.310. The summed E-state index contributed by atoms with van der Waals surface area (Å²) >= 11 is 4.05. The van der Waals surface area contributed by atoms with Gasteiger partial charge >= 0.3 is 0 Å². The van der Waals surface area contributed by atoms with E-state index in [0.717, 1.165) is 18.8 Å². The number of hydrogen-bond donors (Lipinski definition) is 2. The molecule has 0 aliphatic heterocycles. The lowest BCUT2D eigenvalue weighted by Gasteiger charge is -1.94. The van der Waals surface area contributed by atoms with Crippen molar-refractivity contribution in [2.45, 2.75) is 27.2 Å². The molecule has 0 saturated carbocycles. The summed E-state index contributed by atoms with van der Waals surface area (Å²) in [6.45, 7) is 8.30. The molecule has 58 valence electrons. The Morgan fingerprint density at radius 1 is 1.33 bits per heavy atom. The quantitative estimate of drug-likeness (QED) is 0.460. The van der Waals surface area contributed by atoms with Crippen LogP contribution in [0.4, 0.5) is 0 Å². The van der Waals surface area contributed by atoms with Crippen LogP contribution in [0.25, 0.3) is 0 Å². The van der Waals surface area contributed by atoms with Crippen LogP contribution in [0.3, 0.4) is 0 Å². The number of hydrogen-bond acceptors (Lipinski definition) is 2. The van der Waals surface area contributed by atoms with Gasteiger partial charge in [0.15, 0.2) is 0 Å². The fraction of sp³-hybridized carbons (Fsp3) is 1.00. The maximum absolute atomic E-state index is 4.05. The minimum absolute atomic E-state index is 0.993. The topological polar surface area (TPSA) is 12.0 Å². The molecule has 0 aliphatic rings. The van der Waals surface area contributed by atoms with Crippen LogP contribution >= 0.6 is 12.6 Å². The first-order valence-electron chi connectivity index (χ1n) is 3.73. The SMILES string of the molecule is CC.CCNCCCS. The molecule has 0 aromatic heterocycles. The van der Waals surface area contributed by atoms with E-state index in [9.17, 15) is 0 Å². The van der Waals surface area contributed by atoms with Crippen molar-refractivity contribution in [1.29, 1.82) is 0 Å². The molecule has 0 fully saturated rings. The predicted molar refractivity (Wildman–Crippen MR) is 48.4 cm³/mol. The first-order valence-corrected chi connectivity index (χ1v) is 4.36. The first-order chi connectivity index (χ1) is 4.41. The van der Waals surface area contributed by atoms with E-state index in [2.05, 4.69) is 24.9 Å². The van der Waals surface area contributed by atoms with Crippen molar-refractivity contribution in [3.8, 4) is 0 Å². The molecule has 9 heavy (non-hydrogen) atoms. The Morgan fingerprint density at radius 3 is 2.22 bits per heavy atom.